The summed E-state index contributed by atoms with van der Waals surface area (Å²) in [7, 11) is 0. The lowest BCUT2D eigenvalue weighted by atomic mass is 10.3. The van der Waals surface area contributed by atoms with Gasteiger partial charge in [-0.3, -0.25) is 9.79 Å². The second kappa shape index (κ2) is 16.6. The molecule has 0 aliphatic heterocycles. The lowest BCUT2D eigenvalue weighted by molar-refractivity contribution is 0.0957. The van der Waals surface area contributed by atoms with Crippen molar-refractivity contribution in [3.05, 3.63) is 22.4 Å². The van der Waals surface area contributed by atoms with Crippen molar-refractivity contribution in [2.75, 3.05) is 39.4 Å². The van der Waals surface area contributed by atoms with Crippen LogP contribution >= 0.6 is 35.3 Å². The smallest absolute Gasteiger partial charge is 0.261 e. The molecule has 25 heavy (non-hydrogen) atoms. The van der Waals surface area contributed by atoms with Crippen LogP contribution in [-0.2, 0) is 4.74 Å². The van der Waals surface area contributed by atoms with Crippen LogP contribution in [0.15, 0.2) is 22.5 Å². The number of hydrogen-bond donors (Lipinski definition) is 3. The number of carbonyl (C=O) groups excluding carboxylic acids is 1. The predicted molar refractivity (Wildman–Crippen MR) is 116 cm³/mol. The molecule has 1 aromatic heterocycles. The molecule has 0 fully saturated rings. The van der Waals surface area contributed by atoms with E-state index in [0.717, 1.165) is 56.4 Å². The number of unbranched alkanes of at least 4 members (excludes halogenated alkanes) is 1. The zero-order chi connectivity index (χ0) is 17.5. The SMILES string of the molecule is CCNC(=NCCCNC(=O)c1cccs1)NCCCCOCC.I. The number of amides is 1. The molecule has 0 spiro atoms. The minimum Gasteiger partial charge on any atom is -0.382 e. The second-order valence-corrected chi connectivity index (χ2v) is 6.13. The van der Waals surface area contributed by atoms with E-state index in [1.807, 2.05) is 31.4 Å². The van der Waals surface area contributed by atoms with Gasteiger partial charge in [0, 0.05) is 39.4 Å². The highest BCUT2D eigenvalue weighted by molar-refractivity contribution is 14.0. The Kier molecular flexibility index (Phi) is 16.0. The van der Waals surface area contributed by atoms with Gasteiger partial charge in [0.05, 0.1) is 4.88 Å². The summed E-state index contributed by atoms with van der Waals surface area (Å²) in [5.74, 6) is 0.826. The molecule has 0 aromatic carbocycles. The van der Waals surface area contributed by atoms with E-state index in [9.17, 15) is 4.79 Å². The van der Waals surface area contributed by atoms with Crippen LogP contribution in [0.2, 0.25) is 0 Å². The highest BCUT2D eigenvalue weighted by Gasteiger charge is 2.04. The normalized spacial score (nSPS) is 10.9. The number of nitrogens with one attached hydrogen (secondary N) is 3. The van der Waals surface area contributed by atoms with Gasteiger partial charge in [0.15, 0.2) is 5.96 Å². The van der Waals surface area contributed by atoms with Gasteiger partial charge in [-0.15, -0.1) is 35.3 Å². The van der Waals surface area contributed by atoms with E-state index in [1.165, 1.54) is 11.3 Å². The molecule has 0 aliphatic rings. The number of rotatable bonds is 12. The van der Waals surface area contributed by atoms with Crippen molar-refractivity contribution < 1.29 is 9.53 Å². The fourth-order valence-corrected chi connectivity index (χ4v) is 2.63. The highest BCUT2D eigenvalue weighted by Crippen LogP contribution is 2.07. The van der Waals surface area contributed by atoms with Crippen LogP contribution in [0.3, 0.4) is 0 Å². The third-order valence-corrected chi connectivity index (χ3v) is 4.06. The molecule has 0 bridgehead atoms. The van der Waals surface area contributed by atoms with Gasteiger partial charge in [-0.25, -0.2) is 0 Å². The summed E-state index contributed by atoms with van der Waals surface area (Å²) in [5.41, 5.74) is 0. The maximum atomic E-state index is 11.8. The average Bonchev–Trinajstić information content (AvgIpc) is 3.12. The molecule has 0 saturated heterocycles. The number of nitrogens with zero attached hydrogens (tertiary/aromatic N) is 1. The molecule has 6 nitrogen and oxygen atoms in total. The maximum Gasteiger partial charge on any atom is 0.261 e. The molecule has 3 N–H and O–H groups in total. The molecule has 1 amide bonds. The van der Waals surface area contributed by atoms with Crippen molar-refractivity contribution in [2.24, 2.45) is 4.99 Å². The summed E-state index contributed by atoms with van der Waals surface area (Å²) in [6.45, 7) is 8.68. The topological polar surface area (TPSA) is 74.8 Å². The second-order valence-electron chi connectivity index (χ2n) is 5.18. The van der Waals surface area contributed by atoms with Crippen LogP contribution in [0.4, 0.5) is 0 Å². The lowest BCUT2D eigenvalue weighted by Crippen LogP contribution is -2.38. The number of thiophene rings is 1. The number of halogens is 1. The molecule has 0 radical (unpaired) electrons. The van der Waals surface area contributed by atoms with E-state index >= 15 is 0 Å². The van der Waals surface area contributed by atoms with Gasteiger partial charge in [0.2, 0.25) is 0 Å². The number of aliphatic imine (C=N–C) groups is 1. The monoisotopic (exact) mass is 482 g/mol. The average molecular weight is 482 g/mol. The molecule has 144 valence electrons. The minimum absolute atomic E-state index is 0. The summed E-state index contributed by atoms with van der Waals surface area (Å²) in [5, 5.41) is 11.4. The Morgan fingerprint density at radius 2 is 1.96 bits per heavy atom. The van der Waals surface area contributed by atoms with Crippen LogP contribution in [0.1, 0.15) is 42.8 Å². The third kappa shape index (κ3) is 12.2. The number of ether oxygens (including phenoxy) is 1. The van der Waals surface area contributed by atoms with Crippen LogP contribution < -0.4 is 16.0 Å². The Bertz CT molecular complexity index is 469. The minimum atomic E-state index is -0.00619. The van der Waals surface area contributed by atoms with Gasteiger partial charge in [-0.05, 0) is 44.6 Å². The fraction of sp³-hybridized carbons (Fsp3) is 0.647. The van der Waals surface area contributed by atoms with E-state index in [4.69, 9.17) is 4.74 Å². The Labute approximate surface area is 172 Å². The Hall–Kier alpha value is -0.870. The van der Waals surface area contributed by atoms with Crippen molar-refractivity contribution in [2.45, 2.75) is 33.1 Å². The van der Waals surface area contributed by atoms with E-state index in [-0.39, 0.29) is 29.9 Å². The summed E-state index contributed by atoms with van der Waals surface area (Å²) < 4.78 is 5.32. The number of guanidine groups is 1. The molecular formula is C17H31IN4O2S. The molecule has 0 saturated carbocycles. The van der Waals surface area contributed by atoms with Gasteiger partial charge in [0.25, 0.3) is 5.91 Å². The molecule has 8 heteroatoms. The Morgan fingerprint density at radius 1 is 1.16 bits per heavy atom. The summed E-state index contributed by atoms with van der Waals surface area (Å²) >= 11 is 1.45. The van der Waals surface area contributed by atoms with Crippen LogP contribution in [0, 0.1) is 0 Å². The first-order chi connectivity index (χ1) is 11.8. The fourth-order valence-electron chi connectivity index (χ4n) is 1.99. The van der Waals surface area contributed by atoms with E-state index < -0.39 is 0 Å². The van der Waals surface area contributed by atoms with E-state index in [2.05, 4.69) is 20.9 Å². The largest absolute Gasteiger partial charge is 0.382 e. The molecule has 1 rings (SSSR count). The molecule has 0 atom stereocenters. The first-order valence-corrected chi connectivity index (χ1v) is 9.57. The summed E-state index contributed by atoms with van der Waals surface area (Å²) in [4.78, 5) is 17.1. The van der Waals surface area contributed by atoms with Gasteiger partial charge < -0.3 is 20.7 Å². The molecule has 1 heterocycles. The van der Waals surface area contributed by atoms with Gasteiger partial charge in [-0.1, -0.05) is 6.07 Å². The van der Waals surface area contributed by atoms with Crippen molar-refractivity contribution in [1.29, 1.82) is 0 Å². The predicted octanol–water partition coefficient (Wildman–Crippen LogP) is 2.86. The van der Waals surface area contributed by atoms with Crippen LogP contribution in [0.5, 0.6) is 0 Å². The third-order valence-electron chi connectivity index (χ3n) is 3.19. The van der Waals surface area contributed by atoms with Crippen molar-refractivity contribution >= 4 is 47.2 Å². The van der Waals surface area contributed by atoms with Crippen LogP contribution in [-0.4, -0.2) is 51.3 Å². The molecular weight excluding hydrogens is 451 g/mol. The molecule has 0 unspecified atom stereocenters. The first kappa shape index (κ1) is 24.1. The Balaban J connectivity index is 0.00000576. The maximum absolute atomic E-state index is 11.8. The highest BCUT2D eigenvalue weighted by atomic mass is 127. The lowest BCUT2D eigenvalue weighted by Gasteiger charge is -2.11. The van der Waals surface area contributed by atoms with Crippen LogP contribution in [0.25, 0.3) is 0 Å². The van der Waals surface area contributed by atoms with E-state index in [0.29, 0.717) is 13.1 Å². The standard InChI is InChI=1S/C17H30N4O2S.HI/c1-3-18-17(20-10-5-6-13-23-4-2)21-12-8-11-19-16(22)15-9-7-14-24-15;/h7,9,14H,3-6,8,10-13H2,1-2H3,(H,19,22)(H2,18,20,21);1H. The van der Waals surface area contributed by atoms with Crippen molar-refractivity contribution in [3.8, 4) is 0 Å². The number of carbonyl (C=O) groups is 1. The Morgan fingerprint density at radius 3 is 2.64 bits per heavy atom. The zero-order valence-corrected chi connectivity index (χ0v) is 18.3. The summed E-state index contributed by atoms with van der Waals surface area (Å²) in [6.07, 6.45) is 2.92. The van der Waals surface area contributed by atoms with Crippen molar-refractivity contribution in [3.63, 3.8) is 0 Å². The summed E-state index contributed by atoms with van der Waals surface area (Å²) in [6, 6.07) is 3.71. The van der Waals surface area contributed by atoms with Gasteiger partial charge in [0.1, 0.15) is 0 Å². The zero-order valence-electron chi connectivity index (χ0n) is 15.2. The quantitative estimate of drug-likeness (QED) is 0.185. The molecule has 1 aromatic rings. The van der Waals surface area contributed by atoms with Crippen molar-refractivity contribution in [1.82, 2.24) is 16.0 Å². The first-order valence-electron chi connectivity index (χ1n) is 8.69. The number of hydrogen-bond acceptors (Lipinski definition) is 4. The van der Waals surface area contributed by atoms with Gasteiger partial charge >= 0.3 is 0 Å². The van der Waals surface area contributed by atoms with E-state index in [1.54, 1.807) is 0 Å². The molecule has 0 aliphatic carbocycles. The van der Waals surface area contributed by atoms with Gasteiger partial charge in [-0.2, -0.15) is 0 Å².